The number of carbonyl (C=O) groups is 1. The summed E-state index contributed by atoms with van der Waals surface area (Å²) in [6.07, 6.45) is 1.77. The summed E-state index contributed by atoms with van der Waals surface area (Å²) in [4.78, 5) is 13.2. The molecule has 0 spiro atoms. The Morgan fingerprint density at radius 3 is 2.83 bits per heavy atom. The van der Waals surface area contributed by atoms with Gasteiger partial charge < -0.3 is 10.6 Å². The molecule has 0 fully saturated rings. The van der Waals surface area contributed by atoms with Gasteiger partial charge in [-0.3, -0.25) is 4.79 Å². The highest BCUT2D eigenvalue weighted by atomic mass is 16.2. The Balaban J connectivity index is 2.32. The summed E-state index contributed by atoms with van der Waals surface area (Å²) in [5, 5.41) is 4.26. The zero-order chi connectivity index (χ0) is 13.1. The van der Waals surface area contributed by atoms with E-state index in [0.29, 0.717) is 12.2 Å². The van der Waals surface area contributed by atoms with Crippen molar-refractivity contribution in [2.45, 2.75) is 6.54 Å². The average molecular weight is 244 g/mol. The van der Waals surface area contributed by atoms with E-state index in [1.165, 1.54) is 4.90 Å². The lowest BCUT2D eigenvalue weighted by Gasteiger charge is -2.07. The molecule has 5 heteroatoms. The predicted octanol–water partition coefficient (Wildman–Crippen LogP) is 1.03. The van der Waals surface area contributed by atoms with Gasteiger partial charge in [0.2, 0.25) is 0 Å². The minimum atomic E-state index is -0.108. The number of hydrogen-bond acceptors (Lipinski definition) is 3. The molecule has 0 aliphatic rings. The molecule has 0 radical (unpaired) electrons. The van der Waals surface area contributed by atoms with Crippen LogP contribution in [0.5, 0.6) is 0 Å². The van der Waals surface area contributed by atoms with Crippen LogP contribution in [-0.2, 0) is 6.54 Å². The second-order valence-corrected chi connectivity index (χ2v) is 4.22. The van der Waals surface area contributed by atoms with Crippen LogP contribution in [0.4, 0.5) is 0 Å². The molecule has 0 atom stereocenters. The van der Waals surface area contributed by atoms with Crippen LogP contribution in [0.25, 0.3) is 5.69 Å². The highest BCUT2D eigenvalue weighted by Gasteiger charge is 2.11. The van der Waals surface area contributed by atoms with Gasteiger partial charge in [0, 0.05) is 26.8 Å². The van der Waals surface area contributed by atoms with Gasteiger partial charge in [0.05, 0.1) is 5.69 Å². The van der Waals surface area contributed by atoms with Gasteiger partial charge in [0.25, 0.3) is 5.91 Å². The van der Waals surface area contributed by atoms with E-state index >= 15 is 0 Å². The van der Waals surface area contributed by atoms with Gasteiger partial charge in [-0.05, 0) is 23.8 Å². The molecule has 0 saturated carbocycles. The standard InChI is InChI=1S/C13H16N4O/c1-16(2)13(18)12-6-7-17(15-12)11-5-3-4-10(8-11)9-14/h3-8H,9,14H2,1-2H3. The third kappa shape index (κ3) is 2.41. The molecule has 0 aliphatic carbocycles. The van der Waals surface area contributed by atoms with Crippen molar-refractivity contribution in [1.29, 1.82) is 0 Å². The number of hydrogen-bond donors (Lipinski definition) is 1. The third-order valence-corrected chi connectivity index (χ3v) is 2.63. The van der Waals surface area contributed by atoms with Crippen LogP contribution in [0, 0.1) is 0 Å². The second kappa shape index (κ2) is 5.01. The van der Waals surface area contributed by atoms with Crippen LogP contribution in [0.3, 0.4) is 0 Å². The van der Waals surface area contributed by atoms with E-state index in [2.05, 4.69) is 5.10 Å². The van der Waals surface area contributed by atoms with Crippen molar-refractivity contribution in [3.8, 4) is 5.69 Å². The zero-order valence-corrected chi connectivity index (χ0v) is 10.5. The van der Waals surface area contributed by atoms with Crippen molar-refractivity contribution in [1.82, 2.24) is 14.7 Å². The van der Waals surface area contributed by atoms with Crippen molar-refractivity contribution in [2.24, 2.45) is 5.73 Å². The lowest BCUT2D eigenvalue weighted by atomic mass is 10.2. The first kappa shape index (κ1) is 12.3. The topological polar surface area (TPSA) is 64.2 Å². The molecule has 1 heterocycles. The maximum absolute atomic E-state index is 11.7. The van der Waals surface area contributed by atoms with Crippen LogP contribution in [0.15, 0.2) is 36.5 Å². The maximum atomic E-state index is 11.7. The van der Waals surface area contributed by atoms with E-state index < -0.39 is 0 Å². The number of nitrogens with zero attached hydrogens (tertiary/aromatic N) is 3. The number of rotatable bonds is 3. The average Bonchev–Trinajstić information content (AvgIpc) is 2.87. The summed E-state index contributed by atoms with van der Waals surface area (Å²) in [5.41, 5.74) is 7.96. The van der Waals surface area contributed by atoms with Gasteiger partial charge in [-0.15, -0.1) is 0 Å². The van der Waals surface area contributed by atoms with Crippen molar-refractivity contribution in [2.75, 3.05) is 14.1 Å². The lowest BCUT2D eigenvalue weighted by molar-refractivity contribution is 0.0821. The quantitative estimate of drug-likeness (QED) is 0.877. The van der Waals surface area contributed by atoms with E-state index in [-0.39, 0.29) is 5.91 Å². The molecular formula is C13H16N4O. The smallest absolute Gasteiger partial charge is 0.273 e. The van der Waals surface area contributed by atoms with Crippen LogP contribution >= 0.6 is 0 Å². The molecule has 0 bridgehead atoms. The van der Waals surface area contributed by atoms with Gasteiger partial charge in [-0.1, -0.05) is 12.1 Å². The van der Waals surface area contributed by atoms with Gasteiger partial charge >= 0.3 is 0 Å². The number of nitrogens with two attached hydrogens (primary N) is 1. The van der Waals surface area contributed by atoms with E-state index in [1.54, 1.807) is 31.0 Å². The fourth-order valence-corrected chi connectivity index (χ4v) is 1.64. The Morgan fingerprint density at radius 1 is 1.39 bits per heavy atom. The lowest BCUT2D eigenvalue weighted by Crippen LogP contribution is -2.22. The molecule has 2 aromatic rings. The van der Waals surface area contributed by atoms with E-state index in [1.807, 2.05) is 24.3 Å². The largest absolute Gasteiger partial charge is 0.343 e. The van der Waals surface area contributed by atoms with Crippen LogP contribution in [-0.4, -0.2) is 34.7 Å². The minimum absolute atomic E-state index is 0.108. The molecule has 5 nitrogen and oxygen atoms in total. The van der Waals surface area contributed by atoms with E-state index in [4.69, 9.17) is 5.73 Å². The van der Waals surface area contributed by atoms with Gasteiger partial charge in [0.1, 0.15) is 0 Å². The van der Waals surface area contributed by atoms with Gasteiger partial charge in [-0.2, -0.15) is 5.10 Å². The Hall–Kier alpha value is -2.14. The molecule has 1 aromatic heterocycles. The molecule has 94 valence electrons. The Labute approximate surface area is 106 Å². The summed E-state index contributed by atoms with van der Waals surface area (Å²) >= 11 is 0. The molecule has 1 amide bonds. The first-order chi connectivity index (χ1) is 8.61. The molecule has 0 unspecified atom stereocenters. The fourth-order valence-electron chi connectivity index (χ4n) is 1.64. The van der Waals surface area contributed by atoms with Crippen molar-refractivity contribution in [3.63, 3.8) is 0 Å². The Bertz CT molecular complexity index is 560. The molecule has 2 N–H and O–H groups in total. The van der Waals surface area contributed by atoms with Gasteiger partial charge in [-0.25, -0.2) is 4.68 Å². The maximum Gasteiger partial charge on any atom is 0.273 e. The number of benzene rings is 1. The van der Waals surface area contributed by atoms with Crippen molar-refractivity contribution in [3.05, 3.63) is 47.8 Å². The van der Waals surface area contributed by atoms with Crippen molar-refractivity contribution < 1.29 is 4.79 Å². The Kier molecular flexibility index (Phi) is 3.43. The molecule has 2 rings (SSSR count). The third-order valence-electron chi connectivity index (χ3n) is 2.63. The number of carbonyl (C=O) groups excluding carboxylic acids is 1. The van der Waals surface area contributed by atoms with Gasteiger partial charge in [0.15, 0.2) is 5.69 Å². The SMILES string of the molecule is CN(C)C(=O)c1ccn(-c2cccc(CN)c2)n1. The highest BCUT2D eigenvalue weighted by Crippen LogP contribution is 2.10. The predicted molar refractivity (Wildman–Crippen MR) is 69.5 cm³/mol. The van der Waals surface area contributed by atoms with E-state index in [9.17, 15) is 4.79 Å². The zero-order valence-electron chi connectivity index (χ0n) is 10.5. The second-order valence-electron chi connectivity index (χ2n) is 4.22. The van der Waals surface area contributed by atoms with Crippen molar-refractivity contribution >= 4 is 5.91 Å². The molecule has 18 heavy (non-hydrogen) atoms. The first-order valence-corrected chi connectivity index (χ1v) is 5.68. The summed E-state index contributed by atoms with van der Waals surface area (Å²) < 4.78 is 1.68. The highest BCUT2D eigenvalue weighted by molar-refractivity contribution is 5.91. The minimum Gasteiger partial charge on any atom is -0.343 e. The normalized spacial score (nSPS) is 10.4. The summed E-state index contributed by atoms with van der Waals surface area (Å²) in [7, 11) is 3.41. The van der Waals surface area contributed by atoms with Crippen LogP contribution < -0.4 is 5.73 Å². The summed E-state index contributed by atoms with van der Waals surface area (Å²) in [6.45, 7) is 0.485. The molecular weight excluding hydrogens is 228 g/mol. The van der Waals surface area contributed by atoms with Crippen LogP contribution in [0.1, 0.15) is 16.1 Å². The monoisotopic (exact) mass is 244 g/mol. The number of amides is 1. The molecule has 0 saturated heterocycles. The molecule has 0 aliphatic heterocycles. The van der Waals surface area contributed by atoms with E-state index in [0.717, 1.165) is 11.3 Å². The summed E-state index contributed by atoms with van der Waals surface area (Å²) in [5.74, 6) is -0.108. The first-order valence-electron chi connectivity index (χ1n) is 5.68. The number of aromatic nitrogens is 2. The molecule has 1 aromatic carbocycles. The Morgan fingerprint density at radius 2 is 2.17 bits per heavy atom. The fraction of sp³-hybridized carbons (Fsp3) is 0.231. The summed E-state index contributed by atoms with van der Waals surface area (Å²) in [6, 6.07) is 9.47. The van der Waals surface area contributed by atoms with Crippen LogP contribution in [0.2, 0.25) is 0 Å².